The maximum Gasteiger partial charge on any atom is 0.254 e. The number of primary amides is 1. The van der Waals surface area contributed by atoms with E-state index in [1.165, 1.54) is 0 Å². The predicted octanol–water partition coefficient (Wildman–Crippen LogP) is 4.58. The molecule has 3 amide bonds. The zero-order chi connectivity index (χ0) is 29.8. The molecule has 1 aromatic heterocycles. The number of aromatic nitrogens is 1. The van der Waals surface area contributed by atoms with E-state index in [1.54, 1.807) is 24.3 Å². The van der Waals surface area contributed by atoms with Crippen LogP contribution >= 0.6 is 0 Å². The van der Waals surface area contributed by atoms with Crippen LogP contribution in [-0.4, -0.2) is 82.7 Å². The highest BCUT2D eigenvalue weighted by Gasteiger charge is 2.31. The molecule has 2 aliphatic rings. The average molecular weight is 574 g/mol. The molecule has 2 saturated heterocycles. The van der Waals surface area contributed by atoms with E-state index < -0.39 is 5.91 Å². The molecule has 2 aliphatic heterocycles. The van der Waals surface area contributed by atoms with Crippen LogP contribution in [0.15, 0.2) is 97.1 Å². The van der Waals surface area contributed by atoms with Crippen LogP contribution in [0, 0.1) is 0 Å². The third-order valence-electron chi connectivity index (χ3n) is 8.50. The summed E-state index contributed by atoms with van der Waals surface area (Å²) in [6, 6.07) is 30.7. The topological polar surface area (TPSA) is 99.8 Å². The molecule has 2 N–H and O–H groups in total. The van der Waals surface area contributed by atoms with Gasteiger partial charge in [0.25, 0.3) is 11.8 Å². The van der Waals surface area contributed by atoms with E-state index in [0.29, 0.717) is 48.9 Å². The Balaban J connectivity index is 1.08. The zero-order valence-corrected chi connectivity index (χ0v) is 24.1. The van der Waals surface area contributed by atoms with Crippen molar-refractivity contribution in [3.8, 4) is 22.5 Å². The van der Waals surface area contributed by atoms with Crippen LogP contribution in [0.2, 0.25) is 0 Å². The highest BCUT2D eigenvalue weighted by atomic mass is 16.2. The number of benzene rings is 3. The summed E-state index contributed by atoms with van der Waals surface area (Å²) in [6.45, 7) is 4.30. The van der Waals surface area contributed by atoms with Crippen molar-refractivity contribution in [2.24, 2.45) is 5.73 Å². The van der Waals surface area contributed by atoms with Gasteiger partial charge in [0.2, 0.25) is 5.91 Å². The third-order valence-corrected chi connectivity index (χ3v) is 8.50. The Hall–Kier alpha value is -4.82. The van der Waals surface area contributed by atoms with Crippen LogP contribution < -0.4 is 5.73 Å². The van der Waals surface area contributed by atoms with Crippen LogP contribution in [0.5, 0.6) is 0 Å². The number of amides is 3. The fourth-order valence-electron chi connectivity index (χ4n) is 6.03. The smallest absolute Gasteiger partial charge is 0.254 e. The molecule has 218 valence electrons. The minimum absolute atomic E-state index is 0.0213. The first kappa shape index (κ1) is 28.3. The lowest BCUT2D eigenvalue weighted by Gasteiger charge is -2.42. The van der Waals surface area contributed by atoms with E-state index >= 15 is 0 Å². The number of nitrogens with zero attached hydrogens (tertiary/aromatic N) is 4. The van der Waals surface area contributed by atoms with Crippen LogP contribution in [0.4, 0.5) is 0 Å². The molecule has 8 nitrogen and oxygen atoms in total. The molecule has 4 aromatic rings. The first-order valence-corrected chi connectivity index (χ1v) is 14.8. The van der Waals surface area contributed by atoms with Crippen molar-refractivity contribution in [1.29, 1.82) is 0 Å². The lowest BCUT2D eigenvalue weighted by Crippen LogP contribution is -2.54. The van der Waals surface area contributed by atoms with E-state index in [-0.39, 0.29) is 11.8 Å². The Bertz CT molecular complexity index is 1530. The minimum Gasteiger partial charge on any atom is -0.366 e. The number of likely N-dealkylation sites (tertiary alicyclic amines) is 1. The highest BCUT2D eigenvalue weighted by molar-refractivity contribution is 5.97. The highest BCUT2D eigenvalue weighted by Crippen LogP contribution is 2.26. The summed E-state index contributed by atoms with van der Waals surface area (Å²) >= 11 is 0. The molecule has 2 fully saturated rings. The zero-order valence-electron chi connectivity index (χ0n) is 24.1. The summed E-state index contributed by atoms with van der Waals surface area (Å²) in [7, 11) is 0. The largest absolute Gasteiger partial charge is 0.366 e. The van der Waals surface area contributed by atoms with E-state index in [0.717, 1.165) is 48.4 Å². The first-order valence-electron chi connectivity index (χ1n) is 14.8. The molecule has 43 heavy (non-hydrogen) atoms. The normalized spacial score (nSPS) is 16.2. The van der Waals surface area contributed by atoms with Gasteiger partial charge in [0, 0.05) is 73.1 Å². The molecule has 0 atom stereocenters. The standard InChI is InChI=1S/C35H35N5O3/c36-33(41)27-11-13-28(14-12-27)34(42)39-17-15-30(16-18-39)38-19-21-40(22-20-38)35(43)29-23-31(25-7-3-1-4-8-25)37-32(24-29)26-9-5-2-6-10-26/h1-14,23-24,30H,15-22H2,(H2,36,41). The second-order valence-electron chi connectivity index (χ2n) is 11.2. The molecular formula is C35H35N5O3. The summed E-state index contributed by atoms with van der Waals surface area (Å²) in [5.41, 5.74) is 10.5. The van der Waals surface area contributed by atoms with Gasteiger partial charge in [-0.3, -0.25) is 19.3 Å². The van der Waals surface area contributed by atoms with Crippen LogP contribution in [-0.2, 0) is 0 Å². The molecule has 0 radical (unpaired) electrons. The van der Waals surface area contributed by atoms with Crippen LogP contribution in [0.25, 0.3) is 22.5 Å². The van der Waals surface area contributed by atoms with Crippen molar-refractivity contribution in [1.82, 2.24) is 19.7 Å². The molecule has 0 aliphatic carbocycles. The Morgan fingerprint density at radius 3 is 1.56 bits per heavy atom. The second kappa shape index (κ2) is 12.6. The van der Waals surface area contributed by atoms with Gasteiger partial charge in [-0.2, -0.15) is 0 Å². The lowest BCUT2D eigenvalue weighted by atomic mass is 10.0. The maximum atomic E-state index is 13.8. The fourth-order valence-corrected chi connectivity index (χ4v) is 6.03. The molecule has 8 heteroatoms. The summed E-state index contributed by atoms with van der Waals surface area (Å²) in [5, 5.41) is 0. The van der Waals surface area contributed by atoms with Gasteiger partial charge in [-0.05, 0) is 49.2 Å². The number of hydrogen-bond donors (Lipinski definition) is 1. The lowest BCUT2D eigenvalue weighted by molar-refractivity contribution is 0.0412. The van der Waals surface area contributed by atoms with Gasteiger partial charge in [-0.1, -0.05) is 60.7 Å². The maximum absolute atomic E-state index is 13.8. The number of rotatable bonds is 6. The predicted molar refractivity (Wildman–Crippen MR) is 166 cm³/mol. The van der Waals surface area contributed by atoms with E-state index in [9.17, 15) is 14.4 Å². The molecular weight excluding hydrogens is 538 g/mol. The number of carbonyl (C=O) groups is 3. The Morgan fingerprint density at radius 1 is 0.581 bits per heavy atom. The van der Waals surface area contributed by atoms with Crippen molar-refractivity contribution in [2.45, 2.75) is 18.9 Å². The second-order valence-corrected chi connectivity index (χ2v) is 11.2. The third kappa shape index (κ3) is 6.34. The quantitative estimate of drug-likeness (QED) is 0.364. The molecule has 6 rings (SSSR count). The van der Waals surface area contributed by atoms with E-state index in [1.807, 2.05) is 82.6 Å². The Kier molecular flexibility index (Phi) is 8.29. The van der Waals surface area contributed by atoms with Crippen molar-refractivity contribution in [3.63, 3.8) is 0 Å². The van der Waals surface area contributed by atoms with Gasteiger partial charge < -0.3 is 15.5 Å². The van der Waals surface area contributed by atoms with E-state index in [4.69, 9.17) is 10.7 Å². The monoisotopic (exact) mass is 573 g/mol. The van der Waals surface area contributed by atoms with Crippen LogP contribution in [0.3, 0.4) is 0 Å². The molecule has 3 aromatic carbocycles. The summed E-state index contributed by atoms with van der Waals surface area (Å²) in [5.74, 6) is -0.498. The number of piperazine rings is 1. The molecule has 0 bridgehead atoms. The summed E-state index contributed by atoms with van der Waals surface area (Å²) in [6.07, 6.45) is 1.79. The Morgan fingerprint density at radius 2 is 1.05 bits per heavy atom. The van der Waals surface area contributed by atoms with Gasteiger partial charge in [-0.25, -0.2) is 4.98 Å². The van der Waals surface area contributed by atoms with Crippen molar-refractivity contribution < 1.29 is 14.4 Å². The molecule has 0 spiro atoms. The van der Waals surface area contributed by atoms with Gasteiger partial charge in [-0.15, -0.1) is 0 Å². The Labute approximate surface area is 251 Å². The average Bonchev–Trinajstić information content (AvgIpc) is 3.08. The van der Waals surface area contributed by atoms with Crippen molar-refractivity contribution >= 4 is 17.7 Å². The van der Waals surface area contributed by atoms with Gasteiger partial charge >= 0.3 is 0 Å². The first-order chi connectivity index (χ1) is 21.0. The van der Waals surface area contributed by atoms with Gasteiger partial charge in [0.05, 0.1) is 11.4 Å². The van der Waals surface area contributed by atoms with Crippen molar-refractivity contribution in [2.75, 3.05) is 39.3 Å². The van der Waals surface area contributed by atoms with Gasteiger partial charge in [0.1, 0.15) is 0 Å². The summed E-state index contributed by atoms with van der Waals surface area (Å²) < 4.78 is 0. The van der Waals surface area contributed by atoms with Crippen LogP contribution in [0.1, 0.15) is 43.9 Å². The SMILES string of the molecule is NC(=O)c1ccc(C(=O)N2CCC(N3CCN(C(=O)c4cc(-c5ccccc5)nc(-c5ccccc5)c4)CC3)CC2)cc1. The molecule has 3 heterocycles. The summed E-state index contributed by atoms with van der Waals surface area (Å²) in [4.78, 5) is 49.3. The van der Waals surface area contributed by atoms with Crippen molar-refractivity contribution in [3.05, 3.63) is 114 Å². The van der Waals surface area contributed by atoms with E-state index in [2.05, 4.69) is 4.90 Å². The molecule has 0 unspecified atom stereocenters. The van der Waals surface area contributed by atoms with Gasteiger partial charge in [0.15, 0.2) is 0 Å². The number of carbonyl (C=O) groups excluding carboxylic acids is 3. The minimum atomic E-state index is -0.503. The number of pyridine rings is 1. The number of nitrogens with two attached hydrogens (primary N) is 1. The number of hydrogen-bond acceptors (Lipinski definition) is 5. The fraction of sp³-hybridized carbons (Fsp3) is 0.257. The molecule has 0 saturated carbocycles. The number of piperidine rings is 1.